The Kier molecular flexibility index (Phi) is 5.53. The van der Waals surface area contributed by atoms with Gasteiger partial charge in [-0.05, 0) is 37.2 Å². The molecule has 1 amide bonds. The first-order valence-electron chi connectivity index (χ1n) is 8.94. The standard InChI is InChI=1S/C20H25NO4/c1-2-25-20(24)18-15-9-8-14(11-15)17(18)19(23)21-16(12-22)10-13-6-4-3-5-7-13/h3-9,14-18,22H,2,10-12H2,1H3,(H,21,23)/t14-,15+,16+,17+,18+/m1/s1. The number of nitrogens with one attached hydrogen (secondary N) is 1. The number of hydrogen-bond donors (Lipinski definition) is 2. The summed E-state index contributed by atoms with van der Waals surface area (Å²) >= 11 is 0. The van der Waals surface area contributed by atoms with Gasteiger partial charge in [-0.15, -0.1) is 0 Å². The lowest BCUT2D eigenvalue weighted by Gasteiger charge is -2.27. The van der Waals surface area contributed by atoms with Gasteiger partial charge in [-0.25, -0.2) is 0 Å². The minimum atomic E-state index is -0.411. The van der Waals surface area contributed by atoms with E-state index in [9.17, 15) is 14.7 Å². The highest BCUT2D eigenvalue weighted by Crippen LogP contribution is 2.48. The summed E-state index contributed by atoms with van der Waals surface area (Å²) in [5.41, 5.74) is 1.05. The van der Waals surface area contributed by atoms with Crippen molar-refractivity contribution in [2.24, 2.45) is 23.7 Å². The second-order valence-corrected chi connectivity index (χ2v) is 6.83. The van der Waals surface area contributed by atoms with E-state index in [-0.39, 0.29) is 36.4 Å². The van der Waals surface area contributed by atoms with Crippen LogP contribution in [-0.4, -0.2) is 36.2 Å². The van der Waals surface area contributed by atoms with Crippen molar-refractivity contribution in [1.29, 1.82) is 0 Å². The van der Waals surface area contributed by atoms with E-state index in [1.165, 1.54) is 0 Å². The first-order valence-corrected chi connectivity index (χ1v) is 8.94. The number of allylic oxidation sites excluding steroid dienone is 2. The lowest BCUT2D eigenvalue weighted by atomic mass is 9.82. The Morgan fingerprint density at radius 2 is 1.88 bits per heavy atom. The van der Waals surface area contributed by atoms with Gasteiger partial charge in [0.25, 0.3) is 0 Å². The van der Waals surface area contributed by atoms with Crippen LogP contribution in [0.1, 0.15) is 18.9 Å². The number of carbonyl (C=O) groups excluding carboxylic acids is 2. The van der Waals surface area contributed by atoms with Crippen molar-refractivity contribution >= 4 is 11.9 Å². The molecule has 0 heterocycles. The maximum Gasteiger partial charge on any atom is 0.310 e. The lowest BCUT2D eigenvalue weighted by Crippen LogP contribution is -2.46. The van der Waals surface area contributed by atoms with E-state index in [0.717, 1.165) is 12.0 Å². The van der Waals surface area contributed by atoms with E-state index in [1.807, 2.05) is 42.5 Å². The molecule has 2 bridgehead atoms. The topological polar surface area (TPSA) is 75.6 Å². The van der Waals surface area contributed by atoms with Gasteiger partial charge in [-0.2, -0.15) is 0 Å². The first kappa shape index (κ1) is 17.7. The molecule has 0 spiro atoms. The molecular weight excluding hydrogens is 318 g/mol. The molecule has 0 unspecified atom stereocenters. The Morgan fingerprint density at radius 1 is 1.20 bits per heavy atom. The third kappa shape index (κ3) is 3.76. The van der Waals surface area contributed by atoms with E-state index in [0.29, 0.717) is 13.0 Å². The average Bonchev–Trinajstić information content (AvgIpc) is 3.23. The van der Waals surface area contributed by atoms with Crippen molar-refractivity contribution in [2.75, 3.05) is 13.2 Å². The highest BCUT2D eigenvalue weighted by molar-refractivity contribution is 5.87. The first-order chi connectivity index (χ1) is 12.1. The molecule has 0 radical (unpaired) electrons. The fraction of sp³-hybridized carbons (Fsp3) is 0.500. The Balaban J connectivity index is 1.68. The van der Waals surface area contributed by atoms with E-state index < -0.39 is 11.8 Å². The van der Waals surface area contributed by atoms with Crippen molar-refractivity contribution in [1.82, 2.24) is 5.32 Å². The number of aliphatic hydroxyl groups excluding tert-OH is 1. The number of esters is 1. The molecule has 134 valence electrons. The minimum absolute atomic E-state index is 0.0791. The van der Waals surface area contributed by atoms with Crippen molar-refractivity contribution in [3.8, 4) is 0 Å². The number of rotatable bonds is 7. The Labute approximate surface area is 148 Å². The smallest absolute Gasteiger partial charge is 0.310 e. The van der Waals surface area contributed by atoms with Crippen molar-refractivity contribution in [3.63, 3.8) is 0 Å². The summed E-state index contributed by atoms with van der Waals surface area (Å²) in [7, 11) is 0. The predicted octanol–water partition coefficient (Wildman–Crippen LogP) is 1.71. The van der Waals surface area contributed by atoms with Crippen LogP contribution in [0.3, 0.4) is 0 Å². The lowest BCUT2D eigenvalue weighted by molar-refractivity contribution is -0.153. The molecule has 0 aliphatic heterocycles. The number of amides is 1. The zero-order valence-corrected chi connectivity index (χ0v) is 14.4. The molecule has 2 aliphatic rings. The molecule has 3 rings (SSSR count). The zero-order valence-electron chi connectivity index (χ0n) is 14.4. The molecule has 1 aromatic carbocycles. The molecule has 2 aliphatic carbocycles. The van der Waals surface area contributed by atoms with Crippen LogP contribution in [0.15, 0.2) is 42.5 Å². The molecule has 5 heteroatoms. The van der Waals surface area contributed by atoms with E-state index in [2.05, 4.69) is 5.32 Å². The summed E-state index contributed by atoms with van der Waals surface area (Å²) in [5.74, 6) is -1.10. The fourth-order valence-electron chi connectivity index (χ4n) is 4.10. The number of fused-ring (bicyclic) bond motifs is 2. The number of ether oxygens (including phenoxy) is 1. The summed E-state index contributed by atoms with van der Waals surface area (Å²) in [6, 6.07) is 9.38. The van der Waals surface area contributed by atoms with E-state index in [1.54, 1.807) is 6.92 Å². The van der Waals surface area contributed by atoms with Gasteiger partial charge in [0.05, 0.1) is 31.1 Å². The third-order valence-electron chi connectivity index (χ3n) is 5.21. The highest BCUT2D eigenvalue weighted by atomic mass is 16.5. The normalized spacial score (nSPS) is 27.9. The predicted molar refractivity (Wildman–Crippen MR) is 93.5 cm³/mol. The largest absolute Gasteiger partial charge is 0.466 e. The molecule has 0 aromatic heterocycles. The van der Waals surface area contributed by atoms with Gasteiger partial charge in [-0.3, -0.25) is 9.59 Å². The minimum Gasteiger partial charge on any atom is -0.466 e. The van der Waals surface area contributed by atoms with Gasteiger partial charge in [0, 0.05) is 0 Å². The number of aliphatic hydroxyl groups is 1. The maximum absolute atomic E-state index is 12.8. The average molecular weight is 343 g/mol. The second-order valence-electron chi connectivity index (χ2n) is 6.83. The maximum atomic E-state index is 12.8. The van der Waals surface area contributed by atoms with Crippen molar-refractivity contribution in [3.05, 3.63) is 48.0 Å². The molecule has 25 heavy (non-hydrogen) atoms. The van der Waals surface area contributed by atoms with E-state index >= 15 is 0 Å². The van der Waals surface area contributed by atoms with Gasteiger partial charge in [0.2, 0.25) is 5.91 Å². The number of carbonyl (C=O) groups is 2. The van der Waals surface area contributed by atoms with Crippen molar-refractivity contribution < 1.29 is 19.4 Å². The molecular formula is C20H25NO4. The zero-order chi connectivity index (χ0) is 17.8. The molecule has 1 saturated carbocycles. The van der Waals surface area contributed by atoms with Crippen LogP contribution in [0.25, 0.3) is 0 Å². The van der Waals surface area contributed by atoms with Crippen LogP contribution in [0, 0.1) is 23.7 Å². The van der Waals surface area contributed by atoms with Gasteiger partial charge in [0.1, 0.15) is 0 Å². The fourth-order valence-corrected chi connectivity index (χ4v) is 4.10. The second kappa shape index (κ2) is 7.83. The Hall–Kier alpha value is -2.14. The van der Waals surface area contributed by atoms with Crippen LogP contribution in [0.2, 0.25) is 0 Å². The Morgan fingerprint density at radius 3 is 2.52 bits per heavy atom. The van der Waals surface area contributed by atoms with Gasteiger partial charge in [-0.1, -0.05) is 42.5 Å². The van der Waals surface area contributed by atoms with Gasteiger partial charge in [0.15, 0.2) is 0 Å². The molecule has 2 N–H and O–H groups in total. The summed E-state index contributed by atoms with van der Waals surface area (Å²) < 4.78 is 5.18. The molecule has 1 fully saturated rings. The van der Waals surface area contributed by atoms with Crippen molar-refractivity contribution in [2.45, 2.75) is 25.8 Å². The summed E-state index contributed by atoms with van der Waals surface area (Å²) in [4.78, 5) is 25.2. The van der Waals surface area contributed by atoms with Crippen LogP contribution in [0.4, 0.5) is 0 Å². The molecule has 5 nitrogen and oxygen atoms in total. The van der Waals surface area contributed by atoms with E-state index in [4.69, 9.17) is 4.74 Å². The van der Waals surface area contributed by atoms with Gasteiger partial charge >= 0.3 is 5.97 Å². The van der Waals surface area contributed by atoms with Crippen LogP contribution >= 0.6 is 0 Å². The quantitative estimate of drug-likeness (QED) is 0.584. The number of hydrogen-bond acceptors (Lipinski definition) is 4. The highest BCUT2D eigenvalue weighted by Gasteiger charge is 2.52. The van der Waals surface area contributed by atoms with Crippen LogP contribution in [-0.2, 0) is 20.7 Å². The van der Waals surface area contributed by atoms with Crippen LogP contribution < -0.4 is 5.32 Å². The monoisotopic (exact) mass is 343 g/mol. The summed E-state index contributed by atoms with van der Waals surface area (Å²) in [6.07, 6.45) is 5.45. The summed E-state index contributed by atoms with van der Waals surface area (Å²) in [6.45, 7) is 1.96. The molecule has 1 aromatic rings. The van der Waals surface area contributed by atoms with Crippen LogP contribution in [0.5, 0.6) is 0 Å². The third-order valence-corrected chi connectivity index (χ3v) is 5.21. The molecule has 0 saturated heterocycles. The number of benzene rings is 1. The Bertz CT molecular complexity index is 642. The van der Waals surface area contributed by atoms with Gasteiger partial charge < -0.3 is 15.2 Å². The SMILES string of the molecule is CCOC(=O)[C@@H]1[C@@H](C(=O)N[C@H](CO)Cc2ccccc2)[C@@H]2C=C[C@H]1C2. The molecule has 5 atom stereocenters. The summed E-state index contributed by atoms with van der Waals surface area (Å²) in [5, 5.41) is 12.6.